The molecule has 5 heteroatoms. The molecule has 0 fully saturated rings. The predicted octanol–water partition coefficient (Wildman–Crippen LogP) is 4.03. The Kier molecular flexibility index (Phi) is 5.04. The molecular weight excluding hydrogens is 433 g/mol. The number of amides is 1. The zero-order chi connectivity index (χ0) is 14.7. The summed E-state index contributed by atoms with van der Waals surface area (Å²) in [5.41, 5.74) is 1.52. The molecule has 0 unspecified atom stereocenters. The molecule has 1 N–H and O–H groups in total. The lowest BCUT2D eigenvalue weighted by molar-refractivity contribution is 0.0784. The Morgan fingerprint density at radius 2 is 2.00 bits per heavy atom. The fraction of sp³-hybridized carbons (Fsp3) is 0.133. The summed E-state index contributed by atoms with van der Waals surface area (Å²) in [7, 11) is 1.75. The van der Waals surface area contributed by atoms with Crippen LogP contribution in [0.5, 0.6) is 5.75 Å². The van der Waals surface area contributed by atoms with E-state index in [4.69, 9.17) is 0 Å². The highest BCUT2D eigenvalue weighted by Crippen LogP contribution is 2.22. The number of benzene rings is 2. The molecule has 0 atom stereocenters. The van der Waals surface area contributed by atoms with Gasteiger partial charge in [0.25, 0.3) is 5.91 Å². The number of phenolic OH excluding ortho intramolecular Hbond substituents is 1. The van der Waals surface area contributed by atoms with Crippen molar-refractivity contribution in [3.05, 3.63) is 61.6 Å². The summed E-state index contributed by atoms with van der Waals surface area (Å²) in [5, 5.41) is 9.68. The lowest BCUT2D eigenvalue weighted by Gasteiger charge is -2.18. The normalized spacial score (nSPS) is 10.3. The molecule has 0 saturated carbocycles. The summed E-state index contributed by atoms with van der Waals surface area (Å²) in [5.74, 6) is 0.0122. The summed E-state index contributed by atoms with van der Waals surface area (Å²) in [6.07, 6.45) is 0. The summed E-state index contributed by atoms with van der Waals surface area (Å²) < 4.78 is 1.71. The average Bonchev–Trinajstić information content (AvgIpc) is 2.43. The molecule has 1 amide bonds. The second-order valence-electron chi connectivity index (χ2n) is 4.42. The molecule has 0 aliphatic rings. The van der Waals surface area contributed by atoms with E-state index in [1.807, 2.05) is 46.9 Å². The van der Waals surface area contributed by atoms with Gasteiger partial charge in [0.1, 0.15) is 5.75 Å². The van der Waals surface area contributed by atoms with Crippen molar-refractivity contribution in [1.29, 1.82) is 0 Å². The van der Waals surface area contributed by atoms with Gasteiger partial charge in [0, 0.05) is 23.6 Å². The first-order valence-corrected chi connectivity index (χ1v) is 7.83. The monoisotopic (exact) mass is 445 g/mol. The van der Waals surface area contributed by atoms with Gasteiger partial charge in [0.15, 0.2) is 0 Å². The maximum Gasteiger partial charge on any atom is 0.254 e. The number of nitrogens with zero attached hydrogens (tertiary/aromatic N) is 1. The lowest BCUT2D eigenvalue weighted by atomic mass is 10.1. The maximum atomic E-state index is 12.3. The van der Waals surface area contributed by atoms with Gasteiger partial charge in [0.05, 0.1) is 3.57 Å². The van der Waals surface area contributed by atoms with Crippen molar-refractivity contribution in [2.24, 2.45) is 0 Å². The fourth-order valence-electron chi connectivity index (χ4n) is 1.82. The van der Waals surface area contributed by atoms with Gasteiger partial charge in [-0.1, -0.05) is 34.1 Å². The maximum absolute atomic E-state index is 12.3. The number of phenols is 1. The Morgan fingerprint density at radius 1 is 1.30 bits per heavy atom. The minimum absolute atomic E-state index is 0.118. The van der Waals surface area contributed by atoms with E-state index < -0.39 is 0 Å². The van der Waals surface area contributed by atoms with E-state index in [1.165, 1.54) is 6.07 Å². The molecule has 0 aliphatic heterocycles. The highest BCUT2D eigenvalue weighted by atomic mass is 127. The van der Waals surface area contributed by atoms with Crippen molar-refractivity contribution in [3.63, 3.8) is 0 Å². The Hall–Kier alpha value is -1.08. The van der Waals surface area contributed by atoms with Crippen molar-refractivity contribution in [2.75, 3.05) is 7.05 Å². The second-order valence-corrected chi connectivity index (χ2v) is 6.44. The SMILES string of the molecule is CN(Cc1ccccc1Br)C(=O)c1ccc(I)c(O)c1. The van der Waals surface area contributed by atoms with Crippen LogP contribution in [0.15, 0.2) is 46.9 Å². The molecule has 0 heterocycles. The van der Waals surface area contributed by atoms with Crippen molar-refractivity contribution < 1.29 is 9.90 Å². The van der Waals surface area contributed by atoms with Gasteiger partial charge in [-0.05, 0) is 52.4 Å². The van der Waals surface area contributed by atoms with Crippen LogP contribution in [-0.2, 0) is 6.54 Å². The van der Waals surface area contributed by atoms with Crippen LogP contribution < -0.4 is 0 Å². The highest BCUT2D eigenvalue weighted by Gasteiger charge is 2.14. The van der Waals surface area contributed by atoms with Crippen molar-refractivity contribution in [3.8, 4) is 5.75 Å². The Bertz CT molecular complexity index is 646. The van der Waals surface area contributed by atoms with Crippen LogP contribution in [0, 0.1) is 3.57 Å². The van der Waals surface area contributed by atoms with Gasteiger partial charge in [-0.25, -0.2) is 0 Å². The smallest absolute Gasteiger partial charge is 0.254 e. The van der Waals surface area contributed by atoms with E-state index in [0.29, 0.717) is 12.1 Å². The molecule has 0 radical (unpaired) electrons. The van der Waals surface area contributed by atoms with Crippen LogP contribution in [0.3, 0.4) is 0 Å². The molecule has 3 nitrogen and oxygen atoms in total. The number of carbonyl (C=O) groups excluding carboxylic acids is 1. The van der Waals surface area contributed by atoms with Crippen LogP contribution in [0.4, 0.5) is 0 Å². The van der Waals surface area contributed by atoms with Crippen molar-refractivity contribution >= 4 is 44.4 Å². The minimum Gasteiger partial charge on any atom is -0.507 e. The average molecular weight is 446 g/mol. The zero-order valence-corrected chi connectivity index (χ0v) is 14.6. The third kappa shape index (κ3) is 3.52. The topological polar surface area (TPSA) is 40.5 Å². The van der Waals surface area contributed by atoms with E-state index in [9.17, 15) is 9.90 Å². The number of carbonyl (C=O) groups is 1. The summed E-state index contributed by atoms with van der Waals surface area (Å²) >= 11 is 5.50. The number of halogens is 2. The molecule has 2 aromatic carbocycles. The van der Waals surface area contributed by atoms with E-state index in [0.717, 1.165) is 13.6 Å². The Labute approximate surface area is 139 Å². The van der Waals surface area contributed by atoms with Crippen LogP contribution in [0.2, 0.25) is 0 Å². The van der Waals surface area contributed by atoms with Gasteiger partial charge >= 0.3 is 0 Å². The predicted molar refractivity (Wildman–Crippen MR) is 90.8 cm³/mol. The van der Waals surface area contributed by atoms with Crippen molar-refractivity contribution in [1.82, 2.24) is 4.90 Å². The standard InChI is InChI=1S/C15H13BrINO2/c1-18(9-11-4-2-3-5-12(11)16)15(20)10-6-7-13(17)14(19)8-10/h2-8,19H,9H2,1H3. The largest absolute Gasteiger partial charge is 0.507 e. The Balaban J connectivity index is 2.16. The third-order valence-corrected chi connectivity index (χ3v) is 4.59. The first-order chi connectivity index (χ1) is 9.49. The first-order valence-electron chi connectivity index (χ1n) is 5.96. The minimum atomic E-state index is -0.118. The number of hydrogen-bond donors (Lipinski definition) is 1. The lowest BCUT2D eigenvalue weighted by Crippen LogP contribution is -2.26. The van der Waals surface area contributed by atoms with Gasteiger partial charge in [-0.2, -0.15) is 0 Å². The van der Waals surface area contributed by atoms with E-state index >= 15 is 0 Å². The molecule has 0 bridgehead atoms. The van der Waals surface area contributed by atoms with Gasteiger partial charge in [-0.15, -0.1) is 0 Å². The van der Waals surface area contributed by atoms with Crippen LogP contribution in [-0.4, -0.2) is 23.0 Å². The van der Waals surface area contributed by atoms with Crippen LogP contribution in [0.25, 0.3) is 0 Å². The molecule has 0 saturated heterocycles. The van der Waals surface area contributed by atoms with Crippen LogP contribution in [0.1, 0.15) is 15.9 Å². The molecule has 20 heavy (non-hydrogen) atoms. The fourth-order valence-corrected chi connectivity index (χ4v) is 2.57. The molecule has 104 valence electrons. The van der Waals surface area contributed by atoms with E-state index in [2.05, 4.69) is 15.9 Å². The molecule has 0 aliphatic carbocycles. The molecular formula is C15H13BrINO2. The van der Waals surface area contributed by atoms with Gasteiger partial charge < -0.3 is 10.0 Å². The summed E-state index contributed by atoms with van der Waals surface area (Å²) in [6.45, 7) is 0.507. The quantitative estimate of drug-likeness (QED) is 0.724. The number of hydrogen-bond acceptors (Lipinski definition) is 2. The van der Waals surface area contributed by atoms with E-state index in [1.54, 1.807) is 24.1 Å². The van der Waals surface area contributed by atoms with E-state index in [-0.39, 0.29) is 11.7 Å². The molecule has 2 aromatic rings. The van der Waals surface area contributed by atoms with Gasteiger partial charge in [-0.3, -0.25) is 4.79 Å². The van der Waals surface area contributed by atoms with Gasteiger partial charge in [0.2, 0.25) is 0 Å². The van der Waals surface area contributed by atoms with Crippen molar-refractivity contribution in [2.45, 2.75) is 6.54 Å². The second kappa shape index (κ2) is 6.58. The van der Waals surface area contributed by atoms with Crippen LogP contribution >= 0.6 is 38.5 Å². The first kappa shape index (κ1) is 15.3. The summed E-state index contributed by atoms with van der Waals surface area (Å²) in [6, 6.07) is 12.8. The number of aromatic hydroxyl groups is 1. The summed E-state index contributed by atoms with van der Waals surface area (Å²) in [4.78, 5) is 13.9. The number of rotatable bonds is 3. The molecule has 2 rings (SSSR count). The molecule has 0 spiro atoms. The Morgan fingerprint density at radius 3 is 2.65 bits per heavy atom. The molecule has 0 aromatic heterocycles. The zero-order valence-electron chi connectivity index (χ0n) is 10.8. The highest BCUT2D eigenvalue weighted by molar-refractivity contribution is 14.1. The third-order valence-electron chi connectivity index (χ3n) is 2.91.